The molecule has 0 aromatic rings. The second kappa shape index (κ2) is 11.0. The van der Waals surface area contributed by atoms with Crippen molar-refractivity contribution >= 4 is 12.0 Å². The highest BCUT2D eigenvalue weighted by Crippen LogP contribution is 2.42. The topological polar surface area (TPSA) is 9.23 Å². The Labute approximate surface area is 137 Å². The molecular weight excluding hydrogens is 276 g/mol. The van der Waals surface area contributed by atoms with Crippen molar-refractivity contribution in [2.24, 2.45) is 5.92 Å². The standard InChI is InChI=1S/C19H34OS/c1-8-13-15-19(14-9-2,17(10-3)11-4)21-20-18(12-5)16(6)7/h9,13-15,17H,8,10-12H2,1-7H3. The van der Waals surface area contributed by atoms with Crippen molar-refractivity contribution in [3.63, 3.8) is 0 Å². The largest absolute Gasteiger partial charge is 0.429 e. The minimum atomic E-state index is -0.0653. The molecule has 2 heteroatoms. The number of hydrogen-bond acceptors (Lipinski definition) is 2. The highest BCUT2D eigenvalue weighted by molar-refractivity contribution is 7.96. The maximum absolute atomic E-state index is 6.15. The van der Waals surface area contributed by atoms with Crippen LogP contribution >= 0.6 is 12.0 Å². The third-order valence-corrected chi connectivity index (χ3v) is 5.01. The third-order valence-electron chi connectivity index (χ3n) is 3.83. The zero-order valence-corrected chi connectivity index (χ0v) is 15.8. The quantitative estimate of drug-likeness (QED) is 0.242. The molecule has 1 nitrogen and oxygen atoms in total. The van der Waals surface area contributed by atoms with Gasteiger partial charge in [0.05, 0.1) is 16.8 Å². The molecule has 0 saturated heterocycles. The van der Waals surface area contributed by atoms with E-state index < -0.39 is 0 Å². The molecule has 1 atom stereocenters. The lowest BCUT2D eigenvalue weighted by Gasteiger charge is -2.34. The van der Waals surface area contributed by atoms with Crippen LogP contribution in [0.4, 0.5) is 0 Å². The Kier molecular flexibility index (Phi) is 10.7. The average molecular weight is 311 g/mol. The van der Waals surface area contributed by atoms with Gasteiger partial charge in [0.2, 0.25) is 0 Å². The fraction of sp³-hybridized carbons (Fsp3) is 0.684. The fourth-order valence-electron chi connectivity index (χ4n) is 2.56. The Bertz CT molecular complexity index is 360. The zero-order valence-electron chi connectivity index (χ0n) is 15.0. The Morgan fingerprint density at radius 2 is 1.71 bits per heavy atom. The van der Waals surface area contributed by atoms with Gasteiger partial charge in [0, 0.05) is 6.42 Å². The summed E-state index contributed by atoms with van der Waals surface area (Å²) in [5.74, 6) is 1.68. The first-order valence-corrected chi connectivity index (χ1v) is 9.08. The molecule has 1 unspecified atom stereocenters. The van der Waals surface area contributed by atoms with Crippen molar-refractivity contribution in [3.05, 3.63) is 35.6 Å². The molecule has 0 heterocycles. The first-order chi connectivity index (χ1) is 10.0. The second-order valence-corrected chi connectivity index (χ2v) is 6.66. The Balaban J connectivity index is 5.45. The van der Waals surface area contributed by atoms with Crippen LogP contribution in [0.5, 0.6) is 0 Å². The summed E-state index contributed by atoms with van der Waals surface area (Å²) >= 11 is 1.62. The van der Waals surface area contributed by atoms with Crippen LogP contribution in [0.15, 0.2) is 35.6 Å². The molecule has 0 spiro atoms. The Morgan fingerprint density at radius 3 is 2.10 bits per heavy atom. The van der Waals surface area contributed by atoms with Crippen molar-refractivity contribution < 1.29 is 4.18 Å². The molecule has 0 aliphatic carbocycles. The van der Waals surface area contributed by atoms with E-state index in [9.17, 15) is 0 Å². The molecule has 0 aromatic carbocycles. The van der Waals surface area contributed by atoms with Gasteiger partial charge in [-0.05, 0) is 38.7 Å². The van der Waals surface area contributed by atoms with Crippen LogP contribution in [-0.4, -0.2) is 4.75 Å². The molecule has 122 valence electrons. The van der Waals surface area contributed by atoms with E-state index in [0.717, 1.165) is 31.4 Å². The van der Waals surface area contributed by atoms with Crippen LogP contribution in [0.2, 0.25) is 0 Å². The molecule has 0 amide bonds. The summed E-state index contributed by atoms with van der Waals surface area (Å²) in [5.41, 5.74) is 1.27. The molecule has 0 aliphatic heterocycles. The first kappa shape index (κ1) is 20.4. The van der Waals surface area contributed by atoms with E-state index in [1.54, 1.807) is 12.0 Å². The molecule has 0 rings (SSSR count). The molecule has 0 saturated carbocycles. The first-order valence-electron chi connectivity index (χ1n) is 8.34. The normalized spacial score (nSPS) is 14.9. The van der Waals surface area contributed by atoms with Gasteiger partial charge in [0.1, 0.15) is 5.76 Å². The number of rotatable bonds is 10. The van der Waals surface area contributed by atoms with Crippen molar-refractivity contribution in [1.29, 1.82) is 0 Å². The van der Waals surface area contributed by atoms with Crippen molar-refractivity contribution in [3.8, 4) is 0 Å². The van der Waals surface area contributed by atoms with Gasteiger partial charge in [-0.2, -0.15) is 0 Å². The monoisotopic (exact) mass is 310 g/mol. The van der Waals surface area contributed by atoms with Gasteiger partial charge in [0.15, 0.2) is 0 Å². The smallest absolute Gasteiger partial charge is 0.112 e. The summed E-state index contributed by atoms with van der Waals surface area (Å²) < 4.78 is 6.08. The van der Waals surface area contributed by atoms with Crippen LogP contribution in [0.1, 0.15) is 74.1 Å². The lowest BCUT2D eigenvalue weighted by molar-refractivity contribution is 0.412. The summed E-state index contributed by atoms with van der Waals surface area (Å²) in [5, 5.41) is 0. The molecule has 0 N–H and O–H groups in total. The average Bonchev–Trinajstić information content (AvgIpc) is 2.46. The van der Waals surface area contributed by atoms with Crippen molar-refractivity contribution in [2.45, 2.75) is 78.9 Å². The van der Waals surface area contributed by atoms with E-state index >= 15 is 0 Å². The number of hydrogen-bond donors (Lipinski definition) is 0. The van der Waals surface area contributed by atoms with E-state index in [1.165, 1.54) is 5.57 Å². The third kappa shape index (κ3) is 6.34. The van der Waals surface area contributed by atoms with E-state index in [2.05, 4.69) is 72.8 Å². The molecule has 0 radical (unpaired) electrons. The molecule has 0 fully saturated rings. The molecule has 0 aliphatic rings. The maximum atomic E-state index is 6.15. The van der Waals surface area contributed by atoms with Gasteiger partial charge in [-0.1, -0.05) is 64.8 Å². The summed E-state index contributed by atoms with van der Waals surface area (Å²) in [6.45, 7) is 15.2. The minimum Gasteiger partial charge on any atom is -0.429 e. The van der Waals surface area contributed by atoms with Crippen molar-refractivity contribution in [1.82, 2.24) is 0 Å². The van der Waals surface area contributed by atoms with Crippen LogP contribution < -0.4 is 0 Å². The van der Waals surface area contributed by atoms with Crippen LogP contribution in [-0.2, 0) is 4.18 Å². The maximum Gasteiger partial charge on any atom is 0.112 e. The lowest BCUT2D eigenvalue weighted by Crippen LogP contribution is -2.30. The van der Waals surface area contributed by atoms with Gasteiger partial charge < -0.3 is 4.18 Å². The lowest BCUT2D eigenvalue weighted by atomic mass is 9.86. The van der Waals surface area contributed by atoms with E-state index in [4.69, 9.17) is 4.18 Å². The summed E-state index contributed by atoms with van der Waals surface area (Å²) in [7, 11) is 0. The van der Waals surface area contributed by atoms with Crippen LogP contribution in [0.25, 0.3) is 0 Å². The van der Waals surface area contributed by atoms with E-state index in [-0.39, 0.29) is 4.75 Å². The summed E-state index contributed by atoms with van der Waals surface area (Å²) in [6, 6.07) is 0. The van der Waals surface area contributed by atoms with E-state index in [1.807, 2.05) is 0 Å². The van der Waals surface area contributed by atoms with Crippen LogP contribution in [0.3, 0.4) is 0 Å². The van der Waals surface area contributed by atoms with Gasteiger partial charge in [-0.25, -0.2) is 0 Å². The molecule has 0 bridgehead atoms. The predicted octanol–water partition coefficient (Wildman–Crippen LogP) is 7.07. The highest BCUT2D eigenvalue weighted by atomic mass is 32.2. The molecule has 0 aromatic heterocycles. The van der Waals surface area contributed by atoms with Crippen LogP contribution in [0, 0.1) is 5.92 Å². The van der Waals surface area contributed by atoms with Gasteiger partial charge in [-0.15, -0.1) is 0 Å². The van der Waals surface area contributed by atoms with Gasteiger partial charge in [-0.3, -0.25) is 0 Å². The number of allylic oxidation sites excluding steroid dienone is 4. The zero-order chi connectivity index (χ0) is 16.3. The minimum absolute atomic E-state index is 0.0653. The SMILES string of the molecule is CC=CC(C=CCC)(SOC(CC)=C(C)C)C(CC)CC. The van der Waals surface area contributed by atoms with E-state index in [0.29, 0.717) is 5.92 Å². The Morgan fingerprint density at radius 1 is 1.10 bits per heavy atom. The van der Waals surface area contributed by atoms with Gasteiger partial charge in [0.25, 0.3) is 0 Å². The molecule has 21 heavy (non-hydrogen) atoms. The second-order valence-electron chi connectivity index (χ2n) is 5.62. The predicted molar refractivity (Wildman–Crippen MR) is 98.4 cm³/mol. The summed E-state index contributed by atoms with van der Waals surface area (Å²) in [6.07, 6.45) is 13.4. The summed E-state index contributed by atoms with van der Waals surface area (Å²) in [4.78, 5) is 0. The fourth-order valence-corrected chi connectivity index (χ4v) is 3.90. The van der Waals surface area contributed by atoms with Gasteiger partial charge >= 0.3 is 0 Å². The Hall–Kier alpha value is -0.630. The van der Waals surface area contributed by atoms with Crippen molar-refractivity contribution in [2.75, 3.05) is 0 Å². The molecular formula is C19H34OS. The highest BCUT2D eigenvalue weighted by Gasteiger charge is 2.34.